The third kappa shape index (κ3) is 15.7. The topological polar surface area (TPSA) is 40.5 Å². The summed E-state index contributed by atoms with van der Waals surface area (Å²) in [7, 11) is 0. The zero-order valence-corrected chi connectivity index (χ0v) is 8.02. The molecule has 8 heavy (non-hydrogen) atoms. The van der Waals surface area contributed by atoms with E-state index in [1.807, 2.05) is 0 Å². The van der Waals surface area contributed by atoms with Crippen LogP contribution in [0.2, 0.25) is 0 Å². The molecule has 2 nitrogen and oxygen atoms in total. The molecule has 0 aliphatic rings. The molecule has 0 bridgehead atoms. The van der Waals surface area contributed by atoms with Gasteiger partial charge in [-0.1, -0.05) is 0 Å². The van der Waals surface area contributed by atoms with Gasteiger partial charge in [0.05, 0.1) is 6.10 Å². The molecule has 0 aromatic carbocycles. The summed E-state index contributed by atoms with van der Waals surface area (Å²) in [5.74, 6) is 0. The van der Waals surface area contributed by atoms with Crippen LogP contribution in [0.4, 0.5) is 0 Å². The van der Waals surface area contributed by atoms with Gasteiger partial charge < -0.3 is 22.6 Å². The van der Waals surface area contributed by atoms with Crippen molar-refractivity contribution in [3.63, 3.8) is 0 Å². The number of hydrogen-bond donors (Lipinski definition) is 2. The Morgan fingerprint density at radius 1 is 1.50 bits per heavy atom. The molecule has 0 rings (SSSR count). The smallest absolute Gasteiger partial charge is 1.00 e. The first-order valence-electron chi connectivity index (χ1n) is 2.06. The molecule has 0 aliphatic carbocycles. The van der Waals surface area contributed by atoms with E-state index < -0.39 is 0 Å². The molecular weight excluding hydrogens is 138 g/mol. The average molecular weight is 149 g/mol. The molecule has 0 heterocycles. The quantitative estimate of drug-likeness (QED) is 0.383. The minimum Gasteiger partial charge on any atom is -1.00 e. The molecule has 2 N–H and O–H groups in total. The van der Waals surface area contributed by atoms with E-state index in [2.05, 4.69) is 0 Å². The van der Waals surface area contributed by atoms with Crippen LogP contribution in [0.25, 0.3) is 0 Å². The van der Waals surface area contributed by atoms with E-state index in [1.54, 1.807) is 6.92 Å². The van der Waals surface area contributed by atoms with E-state index >= 15 is 0 Å². The molecule has 0 aromatic rings. The fourth-order valence-corrected chi connectivity index (χ4v) is 0.187. The number of hydrogen-bond acceptors (Lipinski definition) is 2. The Hall–Kier alpha value is 1.21. The van der Waals surface area contributed by atoms with Gasteiger partial charge in [-0.3, -0.25) is 0 Å². The maximum atomic E-state index is 8.39. The van der Waals surface area contributed by atoms with Crippen LogP contribution in [-0.2, 0) is 0 Å². The molecule has 0 saturated carbocycles. The van der Waals surface area contributed by atoms with Gasteiger partial charge in [-0.15, -0.1) is 0 Å². The Kier molecular flexibility index (Phi) is 22.3. The van der Waals surface area contributed by atoms with Gasteiger partial charge in [0.15, 0.2) is 0 Å². The second-order valence-electron chi connectivity index (χ2n) is 1.36. The van der Waals surface area contributed by atoms with Crippen LogP contribution in [0.15, 0.2) is 0 Å². The van der Waals surface area contributed by atoms with Crippen LogP contribution in [-0.4, -0.2) is 22.9 Å². The fourth-order valence-electron chi connectivity index (χ4n) is 0.187. The van der Waals surface area contributed by atoms with E-state index in [0.29, 0.717) is 6.42 Å². The molecule has 0 aliphatic heterocycles. The molecule has 1 unspecified atom stereocenters. The summed E-state index contributed by atoms with van der Waals surface area (Å²) in [4.78, 5) is 0. The van der Waals surface area contributed by atoms with Crippen molar-refractivity contribution in [2.75, 3.05) is 6.61 Å². The summed E-state index contributed by atoms with van der Waals surface area (Å²) in [6.07, 6.45) is 0.134. The zero-order chi connectivity index (χ0) is 4.99. The van der Waals surface area contributed by atoms with E-state index in [0.717, 1.165) is 0 Å². The Balaban J connectivity index is -0.000000125. The van der Waals surface area contributed by atoms with Gasteiger partial charge in [0.2, 0.25) is 0 Å². The van der Waals surface area contributed by atoms with Gasteiger partial charge >= 0.3 is 29.6 Å². The Morgan fingerprint density at radius 2 is 1.88 bits per heavy atom. The predicted octanol–water partition coefficient (Wildman–Crippen LogP) is -6.24. The summed E-state index contributed by atoms with van der Waals surface area (Å²) < 4.78 is 0. The molecule has 0 radical (unpaired) electrons. The van der Waals surface area contributed by atoms with Crippen molar-refractivity contribution in [1.82, 2.24) is 0 Å². The summed E-state index contributed by atoms with van der Waals surface area (Å²) in [6.45, 7) is 1.73. The van der Waals surface area contributed by atoms with E-state index in [4.69, 9.17) is 10.2 Å². The van der Waals surface area contributed by atoms with Gasteiger partial charge in [0, 0.05) is 6.61 Å². The van der Waals surface area contributed by atoms with Gasteiger partial charge in [-0.25, -0.2) is 0 Å². The van der Waals surface area contributed by atoms with Crippen molar-refractivity contribution >= 4 is 0 Å². The second kappa shape index (κ2) is 11.1. The Labute approximate surface area is 78.0 Å². The summed E-state index contributed by atoms with van der Waals surface area (Å²) >= 11 is 0. The molecule has 0 saturated heterocycles. The fraction of sp³-hybridized carbons (Fsp3) is 1.00. The summed E-state index contributed by atoms with van der Waals surface area (Å²) in [5.41, 5.74) is 0. The largest absolute Gasteiger partial charge is 1.00 e. The molecule has 0 spiro atoms. The minimum atomic E-state index is -0.352. The van der Waals surface area contributed by atoms with Gasteiger partial charge in [-0.2, -0.15) is 0 Å². The Morgan fingerprint density at radius 3 is 1.88 bits per heavy atom. The standard InChI is InChI=1S/C4H10O2.ClH.Na/c1-4(6)2-3-5;;/h4-6H,2-3H2,1H3;1H;/q;;+1/p-1. The van der Waals surface area contributed by atoms with Crippen LogP contribution >= 0.6 is 0 Å². The molecule has 0 aromatic heterocycles. The maximum absolute atomic E-state index is 8.39. The third-order valence-electron chi connectivity index (χ3n) is 0.547. The number of aliphatic hydroxyl groups is 2. The molecule has 0 fully saturated rings. The number of rotatable bonds is 2. The SMILES string of the molecule is CC(O)CCO.[Cl-].[Na+]. The van der Waals surface area contributed by atoms with Crippen molar-refractivity contribution in [1.29, 1.82) is 0 Å². The maximum Gasteiger partial charge on any atom is 1.00 e. The minimum absolute atomic E-state index is 0. The first-order chi connectivity index (χ1) is 2.77. The molecular formula is C4H10ClNaO2. The van der Waals surface area contributed by atoms with Crippen molar-refractivity contribution < 1.29 is 52.2 Å². The van der Waals surface area contributed by atoms with Crippen LogP contribution in [0.5, 0.6) is 0 Å². The van der Waals surface area contributed by atoms with Gasteiger partial charge in [0.25, 0.3) is 0 Å². The van der Waals surface area contributed by atoms with E-state index in [9.17, 15) is 0 Å². The van der Waals surface area contributed by atoms with Crippen molar-refractivity contribution in [2.45, 2.75) is 19.4 Å². The molecule has 0 amide bonds. The first kappa shape index (κ1) is 16.1. The second-order valence-corrected chi connectivity index (χ2v) is 1.36. The third-order valence-corrected chi connectivity index (χ3v) is 0.547. The van der Waals surface area contributed by atoms with Gasteiger partial charge in [-0.05, 0) is 13.3 Å². The number of aliphatic hydroxyl groups excluding tert-OH is 2. The van der Waals surface area contributed by atoms with E-state index in [-0.39, 0.29) is 54.7 Å². The van der Waals surface area contributed by atoms with Crippen molar-refractivity contribution in [3.8, 4) is 0 Å². The monoisotopic (exact) mass is 148 g/mol. The molecule has 1 atom stereocenters. The van der Waals surface area contributed by atoms with Gasteiger partial charge in [0.1, 0.15) is 0 Å². The summed E-state index contributed by atoms with van der Waals surface area (Å²) in [6, 6.07) is 0. The van der Waals surface area contributed by atoms with Crippen LogP contribution < -0.4 is 42.0 Å². The zero-order valence-electron chi connectivity index (χ0n) is 5.26. The normalized spacial score (nSPS) is 10.9. The first-order valence-corrected chi connectivity index (χ1v) is 2.06. The van der Waals surface area contributed by atoms with Crippen LogP contribution in [0.3, 0.4) is 0 Å². The predicted molar refractivity (Wildman–Crippen MR) is 23.4 cm³/mol. The van der Waals surface area contributed by atoms with Crippen molar-refractivity contribution in [3.05, 3.63) is 0 Å². The van der Waals surface area contributed by atoms with Crippen LogP contribution in [0.1, 0.15) is 13.3 Å². The van der Waals surface area contributed by atoms with Crippen LogP contribution in [0, 0.1) is 0 Å². The molecule has 4 heteroatoms. The van der Waals surface area contributed by atoms with Crippen molar-refractivity contribution in [2.24, 2.45) is 0 Å². The average Bonchev–Trinajstić information content (AvgIpc) is 1.35. The molecule has 46 valence electrons. The summed E-state index contributed by atoms with van der Waals surface area (Å²) in [5, 5.41) is 16.5. The number of halogens is 1. The Bertz CT molecular complexity index is 35.2. The van der Waals surface area contributed by atoms with E-state index in [1.165, 1.54) is 0 Å².